The number of nitrogens with two attached hydrogens (primary N) is 1. The van der Waals surface area contributed by atoms with E-state index in [0.717, 1.165) is 25.7 Å². The first-order valence-electron chi connectivity index (χ1n) is 6.72. The van der Waals surface area contributed by atoms with E-state index in [-0.39, 0.29) is 15.9 Å². The van der Waals surface area contributed by atoms with Crippen LogP contribution in [0.2, 0.25) is 0 Å². The molecule has 1 aliphatic rings. The van der Waals surface area contributed by atoms with Crippen LogP contribution < -0.4 is 10.5 Å². The number of nitrogens with zero attached hydrogens (tertiary/aromatic N) is 1. The van der Waals surface area contributed by atoms with E-state index in [1.807, 2.05) is 6.07 Å². The highest BCUT2D eigenvalue weighted by Gasteiger charge is 2.42. The molecule has 1 fully saturated rings. The summed E-state index contributed by atoms with van der Waals surface area (Å²) in [6, 6.07) is 6.14. The number of nitrogens with one attached hydrogen (secondary N) is 1. The molecule has 0 aromatic heterocycles. The Morgan fingerprint density at radius 1 is 1.45 bits per heavy atom. The Morgan fingerprint density at radius 3 is 2.70 bits per heavy atom. The summed E-state index contributed by atoms with van der Waals surface area (Å²) in [5, 5.41) is 9.03. The molecule has 108 valence electrons. The molecule has 0 unspecified atom stereocenters. The highest BCUT2D eigenvalue weighted by atomic mass is 32.2. The van der Waals surface area contributed by atoms with Gasteiger partial charge in [-0.05, 0) is 42.9 Å². The summed E-state index contributed by atoms with van der Waals surface area (Å²) in [6.45, 7) is 2.54. The van der Waals surface area contributed by atoms with Gasteiger partial charge in [0.2, 0.25) is 10.0 Å². The van der Waals surface area contributed by atoms with Crippen LogP contribution >= 0.6 is 0 Å². The van der Waals surface area contributed by atoms with Crippen molar-refractivity contribution in [3.63, 3.8) is 0 Å². The van der Waals surface area contributed by atoms with Gasteiger partial charge in [-0.15, -0.1) is 0 Å². The molecule has 5 nitrogen and oxygen atoms in total. The molecule has 1 saturated carbocycles. The second-order valence-electron chi connectivity index (χ2n) is 5.44. The topological polar surface area (TPSA) is 96.0 Å². The summed E-state index contributed by atoms with van der Waals surface area (Å²) in [6.07, 6.45) is 4.21. The molecule has 1 aromatic carbocycles. The second kappa shape index (κ2) is 5.43. The van der Waals surface area contributed by atoms with Crippen molar-refractivity contribution in [1.82, 2.24) is 4.72 Å². The molecule has 0 bridgehead atoms. The van der Waals surface area contributed by atoms with Crippen LogP contribution in [0, 0.1) is 16.7 Å². The fourth-order valence-electron chi connectivity index (χ4n) is 2.42. The largest absolute Gasteiger partial charge is 0.399 e. The van der Waals surface area contributed by atoms with Crippen molar-refractivity contribution in [1.29, 1.82) is 5.26 Å². The van der Waals surface area contributed by atoms with E-state index in [1.54, 1.807) is 0 Å². The van der Waals surface area contributed by atoms with Gasteiger partial charge >= 0.3 is 0 Å². The van der Waals surface area contributed by atoms with Gasteiger partial charge in [-0.1, -0.05) is 13.3 Å². The van der Waals surface area contributed by atoms with Gasteiger partial charge in [-0.3, -0.25) is 0 Å². The van der Waals surface area contributed by atoms with Crippen LogP contribution in [0.25, 0.3) is 0 Å². The molecule has 6 heteroatoms. The van der Waals surface area contributed by atoms with Crippen molar-refractivity contribution in [3.8, 4) is 6.07 Å². The minimum Gasteiger partial charge on any atom is -0.399 e. The predicted octanol–water partition coefficient (Wildman–Crippen LogP) is 2.00. The Hall–Kier alpha value is -1.58. The molecule has 1 aliphatic carbocycles. The van der Waals surface area contributed by atoms with Crippen molar-refractivity contribution in [2.45, 2.75) is 37.5 Å². The van der Waals surface area contributed by atoms with Crippen molar-refractivity contribution in [2.24, 2.45) is 5.41 Å². The number of nitrogen functional groups attached to an aromatic ring is 1. The first-order chi connectivity index (χ1) is 9.42. The van der Waals surface area contributed by atoms with Crippen LogP contribution in [0.3, 0.4) is 0 Å². The first-order valence-corrected chi connectivity index (χ1v) is 8.20. The molecular formula is C14H19N3O2S. The van der Waals surface area contributed by atoms with E-state index in [2.05, 4.69) is 11.6 Å². The number of benzene rings is 1. The lowest BCUT2D eigenvalue weighted by Crippen LogP contribution is -2.30. The summed E-state index contributed by atoms with van der Waals surface area (Å²) in [4.78, 5) is 0.00139. The number of rotatable bonds is 6. The third-order valence-corrected chi connectivity index (χ3v) is 5.25. The van der Waals surface area contributed by atoms with Gasteiger partial charge in [0, 0.05) is 12.2 Å². The summed E-state index contributed by atoms with van der Waals surface area (Å²) in [7, 11) is -3.66. The third-order valence-electron chi connectivity index (χ3n) is 3.79. The molecule has 0 saturated heterocycles. The van der Waals surface area contributed by atoms with Crippen LogP contribution in [0.5, 0.6) is 0 Å². The van der Waals surface area contributed by atoms with Gasteiger partial charge in [-0.25, -0.2) is 13.1 Å². The SMILES string of the molecule is CCCC1(CNS(=O)(=O)c2ccc(N)cc2C#N)CC1. The monoisotopic (exact) mass is 293 g/mol. The Labute approximate surface area is 119 Å². The lowest BCUT2D eigenvalue weighted by atomic mass is 10.0. The average molecular weight is 293 g/mol. The van der Waals surface area contributed by atoms with E-state index >= 15 is 0 Å². The standard InChI is InChI=1S/C14H19N3O2S/c1-2-5-14(6-7-14)10-17-20(18,19)13-4-3-12(16)8-11(13)9-15/h3-4,8,17H,2,5-7,10,16H2,1H3. The maximum atomic E-state index is 12.3. The number of hydrogen-bond donors (Lipinski definition) is 2. The molecule has 0 heterocycles. The van der Waals surface area contributed by atoms with Crippen LogP contribution in [-0.4, -0.2) is 15.0 Å². The molecule has 2 rings (SSSR count). The van der Waals surface area contributed by atoms with Crippen LogP contribution in [-0.2, 0) is 10.0 Å². The smallest absolute Gasteiger partial charge is 0.241 e. The molecule has 0 atom stereocenters. The van der Waals surface area contributed by atoms with Crippen molar-refractivity contribution in [2.75, 3.05) is 12.3 Å². The lowest BCUT2D eigenvalue weighted by Gasteiger charge is -2.15. The van der Waals surface area contributed by atoms with Gasteiger partial charge < -0.3 is 5.73 Å². The average Bonchev–Trinajstić information content (AvgIpc) is 3.17. The molecule has 1 aromatic rings. The van der Waals surface area contributed by atoms with Crippen molar-refractivity contribution in [3.05, 3.63) is 23.8 Å². The maximum Gasteiger partial charge on any atom is 0.241 e. The minimum atomic E-state index is -3.66. The second-order valence-corrected chi connectivity index (χ2v) is 7.18. The Balaban J connectivity index is 2.17. The molecule has 0 radical (unpaired) electrons. The summed E-state index contributed by atoms with van der Waals surface area (Å²) >= 11 is 0. The molecule has 0 amide bonds. The van der Waals surface area contributed by atoms with Gasteiger partial charge in [0.15, 0.2) is 0 Å². The van der Waals surface area contributed by atoms with Crippen LogP contribution in [0.4, 0.5) is 5.69 Å². The molecular weight excluding hydrogens is 274 g/mol. The molecule has 20 heavy (non-hydrogen) atoms. The van der Waals surface area contributed by atoms with E-state index in [0.29, 0.717) is 12.2 Å². The number of hydrogen-bond acceptors (Lipinski definition) is 4. The quantitative estimate of drug-likeness (QED) is 0.784. The Morgan fingerprint density at radius 2 is 2.15 bits per heavy atom. The lowest BCUT2D eigenvalue weighted by molar-refractivity contribution is 0.449. The van der Waals surface area contributed by atoms with E-state index in [9.17, 15) is 8.42 Å². The van der Waals surface area contributed by atoms with Gasteiger partial charge in [0.1, 0.15) is 6.07 Å². The third kappa shape index (κ3) is 3.11. The summed E-state index contributed by atoms with van der Waals surface area (Å²) < 4.78 is 27.2. The van der Waals surface area contributed by atoms with Gasteiger partial charge in [0.05, 0.1) is 10.5 Å². The van der Waals surface area contributed by atoms with E-state index in [1.165, 1.54) is 18.2 Å². The predicted molar refractivity (Wildman–Crippen MR) is 77.3 cm³/mol. The van der Waals surface area contributed by atoms with Crippen LogP contribution in [0.15, 0.2) is 23.1 Å². The maximum absolute atomic E-state index is 12.3. The fourth-order valence-corrected chi connectivity index (χ4v) is 3.71. The number of sulfonamides is 1. The number of nitriles is 1. The Bertz CT molecular complexity index is 643. The normalized spacial score (nSPS) is 16.6. The molecule has 3 N–H and O–H groups in total. The fraction of sp³-hybridized carbons (Fsp3) is 0.500. The van der Waals surface area contributed by atoms with Gasteiger partial charge in [0.25, 0.3) is 0 Å². The van der Waals surface area contributed by atoms with Crippen molar-refractivity contribution >= 4 is 15.7 Å². The summed E-state index contributed by atoms with van der Waals surface area (Å²) in [5.41, 5.74) is 6.16. The summed E-state index contributed by atoms with van der Waals surface area (Å²) in [5.74, 6) is 0. The Kier molecular flexibility index (Phi) is 4.02. The highest BCUT2D eigenvalue weighted by Crippen LogP contribution is 2.49. The minimum absolute atomic E-state index is 0.00139. The molecule has 0 spiro atoms. The van der Waals surface area contributed by atoms with E-state index in [4.69, 9.17) is 11.0 Å². The zero-order chi connectivity index (χ0) is 14.8. The first kappa shape index (κ1) is 14.8. The number of anilines is 1. The zero-order valence-corrected chi connectivity index (χ0v) is 12.3. The zero-order valence-electron chi connectivity index (χ0n) is 11.5. The van der Waals surface area contributed by atoms with Crippen LogP contribution in [0.1, 0.15) is 38.2 Å². The molecule has 0 aliphatic heterocycles. The highest BCUT2D eigenvalue weighted by molar-refractivity contribution is 7.89. The van der Waals surface area contributed by atoms with E-state index < -0.39 is 10.0 Å². The van der Waals surface area contributed by atoms with Crippen molar-refractivity contribution < 1.29 is 8.42 Å². The van der Waals surface area contributed by atoms with Gasteiger partial charge in [-0.2, -0.15) is 5.26 Å².